The van der Waals surface area contributed by atoms with Crippen LogP contribution in [0.4, 0.5) is 5.69 Å². The van der Waals surface area contributed by atoms with Crippen LogP contribution in [0, 0.1) is 5.92 Å². The summed E-state index contributed by atoms with van der Waals surface area (Å²) in [5, 5.41) is 3.06. The summed E-state index contributed by atoms with van der Waals surface area (Å²) < 4.78 is 0. The van der Waals surface area contributed by atoms with E-state index in [-0.39, 0.29) is 11.8 Å². The highest BCUT2D eigenvalue weighted by molar-refractivity contribution is 5.93. The zero-order valence-corrected chi connectivity index (χ0v) is 12.1. The molecule has 1 aromatic heterocycles. The van der Waals surface area contributed by atoms with E-state index in [4.69, 9.17) is 0 Å². The van der Waals surface area contributed by atoms with Crippen molar-refractivity contribution in [3.05, 3.63) is 48.7 Å². The average molecular weight is 280 g/mol. The second-order valence-electron chi connectivity index (χ2n) is 5.62. The minimum Gasteiger partial charge on any atom is -0.326 e. The van der Waals surface area contributed by atoms with Gasteiger partial charge < -0.3 is 5.32 Å². The highest BCUT2D eigenvalue weighted by Crippen LogP contribution is 2.26. The standard InChI is InChI=1S/C18H20N2O/c21-18(14-7-2-1-3-8-14)20-16-10-6-9-15(13-16)17-11-4-5-12-19-17/h4-6,9-14H,1-3,7-8H2,(H,20,21). The van der Waals surface area contributed by atoms with Crippen LogP contribution in [0.25, 0.3) is 11.3 Å². The molecule has 0 spiro atoms. The van der Waals surface area contributed by atoms with Gasteiger partial charge in [0.05, 0.1) is 5.69 Å². The molecule has 1 aliphatic rings. The van der Waals surface area contributed by atoms with Gasteiger partial charge >= 0.3 is 0 Å². The summed E-state index contributed by atoms with van der Waals surface area (Å²) in [6.45, 7) is 0. The number of hydrogen-bond donors (Lipinski definition) is 1. The van der Waals surface area contributed by atoms with Crippen LogP contribution in [0.15, 0.2) is 48.7 Å². The van der Waals surface area contributed by atoms with Gasteiger partial charge in [0.15, 0.2) is 0 Å². The van der Waals surface area contributed by atoms with Crippen molar-refractivity contribution in [2.45, 2.75) is 32.1 Å². The third kappa shape index (κ3) is 3.48. The zero-order chi connectivity index (χ0) is 14.5. The molecule has 0 radical (unpaired) electrons. The number of anilines is 1. The van der Waals surface area contributed by atoms with E-state index in [9.17, 15) is 4.79 Å². The number of nitrogens with zero attached hydrogens (tertiary/aromatic N) is 1. The van der Waals surface area contributed by atoms with Crippen molar-refractivity contribution in [3.8, 4) is 11.3 Å². The van der Waals surface area contributed by atoms with Crippen molar-refractivity contribution in [1.29, 1.82) is 0 Å². The first-order chi connectivity index (χ1) is 10.3. The van der Waals surface area contributed by atoms with Crippen LogP contribution in [0.2, 0.25) is 0 Å². The summed E-state index contributed by atoms with van der Waals surface area (Å²) in [6, 6.07) is 13.7. The van der Waals surface area contributed by atoms with Gasteiger partial charge in [-0.05, 0) is 37.1 Å². The van der Waals surface area contributed by atoms with Crippen molar-refractivity contribution in [2.24, 2.45) is 5.92 Å². The summed E-state index contributed by atoms with van der Waals surface area (Å²) >= 11 is 0. The lowest BCUT2D eigenvalue weighted by molar-refractivity contribution is -0.120. The lowest BCUT2D eigenvalue weighted by Crippen LogP contribution is -2.24. The number of carbonyl (C=O) groups excluding carboxylic acids is 1. The summed E-state index contributed by atoms with van der Waals surface area (Å²) in [7, 11) is 0. The van der Waals surface area contributed by atoms with Gasteiger partial charge in [-0.3, -0.25) is 9.78 Å². The molecule has 0 unspecified atom stereocenters. The molecule has 3 nitrogen and oxygen atoms in total. The number of hydrogen-bond acceptors (Lipinski definition) is 2. The number of pyridine rings is 1. The summed E-state index contributed by atoms with van der Waals surface area (Å²) in [5.74, 6) is 0.338. The second kappa shape index (κ2) is 6.53. The third-order valence-corrected chi connectivity index (χ3v) is 4.07. The van der Waals surface area contributed by atoms with Gasteiger partial charge in [0, 0.05) is 23.4 Å². The van der Waals surface area contributed by atoms with Gasteiger partial charge in [0.1, 0.15) is 0 Å². The lowest BCUT2D eigenvalue weighted by atomic mass is 9.88. The number of benzene rings is 1. The highest BCUT2D eigenvalue weighted by atomic mass is 16.1. The van der Waals surface area contributed by atoms with Crippen LogP contribution in [-0.4, -0.2) is 10.9 Å². The van der Waals surface area contributed by atoms with E-state index in [1.165, 1.54) is 19.3 Å². The van der Waals surface area contributed by atoms with Gasteiger partial charge in [0.2, 0.25) is 5.91 Å². The topological polar surface area (TPSA) is 42.0 Å². The van der Waals surface area contributed by atoms with Crippen molar-refractivity contribution < 1.29 is 4.79 Å². The second-order valence-corrected chi connectivity index (χ2v) is 5.62. The Morgan fingerprint density at radius 2 is 1.90 bits per heavy atom. The molecule has 21 heavy (non-hydrogen) atoms. The molecule has 0 bridgehead atoms. The molecule has 1 N–H and O–H groups in total. The number of rotatable bonds is 3. The molecule has 1 aromatic carbocycles. The molecule has 1 fully saturated rings. The Kier molecular flexibility index (Phi) is 4.29. The minimum atomic E-state index is 0.160. The normalized spacial score (nSPS) is 15.6. The molecule has 108 valence electrons. The molecule has 1 amide bonds. The molecule has 1 saturated carbocycles. The van der Waals surface area contributed by atoms with Gasteiger partial charge in [-0.1, -0.05) is 37.5 Å². The van der Waals surface area contributed by atoms with Crippen LogP contribution in [0.1, 0.15) is 32.1 Å². The molecule has 1 heterocycles. The number of aromatic nitrogens is 1. The van der Waals surface area contributed by atoms with Crippen LogP contribution in [-0.2, 0) is 4.79 Å². The summed E-state index contributed by atoms with van der Waals surface area (Å²) in [6.07, 6.45) is 7.43. The van der Waals surface area contributed by atoms with Crippen molar-refractivity contribution in [2.75, 3.05) is 5.32 Å². The maximum absolute atomic E-state index is 12.3. The Morgan fingerprint density at radius 1 is 1.05 bits per heavy atom. The first-order valence-corrected chi connectivity index (χ1v) is 7.65. The molecule has 1 aliphatic carbocycles. The molecule has 0 aliphatic heterocycles. The van der Waals surface area contributed by atoms with E-state index in [0.717, 1.165) is 29.8 Å². The first kappa shape index (κ1) is 13.8. The Hall–Kier alpha value is -2.16. The van der Waals surface area contributed by atoms with Crippen LogP contribution in [0.3, 0.4) is 0 Å². The summed E-state index contributed by atoms with van der Waals surface area (Å²) in [5.41, 5.74) is 2.80. The van der Waals surface area contributed by atoms with Gasteiger partial charge in [-0.15, -0.1) is 0 Å². The Labute approximate surface area is 125 Å². The molecule has 2 aromatic rings. The van der Waals surface area contributed by atoms with Crippen molar-refractivity contribution in [1.82, 2.24) is 4.98 Å². The Balaban J connectivity index is 1.73. The largest absolute Gasteiger partial charge is 0.326 e. The fourth-order valence-electron chi connectivity index (χ4n) is 2.90. The predicted molar refractivity (Wildman–Crippen MR) is 84.9 cm³/mol. The summed E-state index contributed by atoms with van der Waals surface area (Å²) in [4.78, 5) is 16.6. The van der Waals surface area contributed by atoms with Crippen LogP contribution in [0.5, 0.6) is 0 Å². The van der Waals surface area contributed by atoms with E-state index in [1.807, 2.05) is 42.5 Å². The van der Waals surface area contributed by atoms with Gasteiger partial charge in [-0.2, -0.15) is 0 Å². The number of amides is 1. The Bertz CT molecular complexity index is 604. The average Bonchev–Trinajstić information content (AvgIpc) is 2.57. The van der Waals surface area contributed by atoms with E-state index in [0.29, 0.717) is 0 Å². The molecule has 0 atom stereocenters. The molecular formula is C18H20N2O. The fraction of sp³-hybridized carbons (Fsp3) is 0.333. The highest BCUT2D eigenvalue weighted by Gasteiger charge is 2.21. The Morgan fingerprint density at radius 3 is 2.67 bits per heavy atom. The smallest absolute Gasteiger partial charge is 0.227 e. The van der Waals surface area contributed by atoms with Crippen molar-refractivity contribution >= 4 is 11.6 Å². The minimum absolute atomic E-state index is 0.160. The van der Waals surface area contributed by atoms with Gasteiger partial charge in [0.25, 0.3) is 0 Å². The molecule has 0 saturated heterocycles. The predicted octanol–water partition coefficient (Wildman–Crippen LogP) is 4.27. The zero-order valence-electron chi connectivity index (χ0n) is 12.1. The lowest BCUT2D eigenvalue weighted by Gasteiger charge is -2.20. The van der Waals surface area contributed by atoms with Gasteiger partial charge in [-0.25, -0.2) is 0 Å². The van der Waals surface area contributed by atoms with E-state index in [2.05, 4.69) is 10.3 Å². The number of carbonyl (C=O) groups is 1. The third-order valence-electron chi connectivity index (χ3n) is 4.07. The first-order valence-electron chi connectivity index (χ1n) is 7.65. The van der Waals surface area contributed by atoms with E-state index < -0.39 is 0 Å². The molecular weight excluding hydrogens is 260 g/mol. The van der Waals surface area contributed by atoms with E-state index >= 15 is 0 Å². The maximum Gasteiger partial charge on any atom is 0.227 e. The quantitative estimate of drug-likeness (QED) is 0.912. The fourth-order valence-corrected chi connectivity index (χ4v) is 2.90. The molecule has 3 heteroatoms. The molecule has 3 rings (SSSR count). The van der Waals surface area contributed by atoms with E-state index in [1.54, 1.807) is 6.20 Å². The number of nitrogens with one attached hydrogen (secondary N) is 1. The van der Waals surface area contributed by atoms with Crippen LogP contribution >= 0.6 is 0 Å². The maximum atomic E-state index is 12.3. The van der Waals surface area contributed by atoms with Crippen LogP contribution < -0.4 is 5.32 Å². The monoisotopic (exact) mass is 280 g/mol. The SMILES string of the molecule is O=C(Nc1cccc(-c2ccccn2)c1)C1CCCCC1. The van der Waals surface area contributed by atoms with Crippen molar-refractivity contribution in [3.63, 3.8) is 0 Å².